The van der Waals surface area contributed by atoms with E-state index in [0.29, 0.717) is 42.8 Å². The number of carbonyl (C=O) groups is 1. The molecule has 0 bridgehead atoms. The molecular formula is C29H40O5S. The Morgan fingerprint density at radius 2 is 1.83 bits per heavy atom. The fourth-order valence-corrected chi connectivity index (χ4v) is 9.28. The molecule has 4 aliphatic carbocycles. The second-order valence-electron chi connectivity index (χ2n) is 12.1. The molecule has 6 heteroatoms. The largest absolute Gasteiger partial charge is 0.393 e. The number of allylic oxidation sites excluding steroid dienone is 2. The van der Waals surface area contributed by atoms with Crippen LogP contribution in [-0.4, -0.2) is 32.0 Å². The summed E-state index contributed by atoms with van der Waals surface area (Å²) < 4.78 is 30.5. The minimum atomic E-state index is -3.77. The van der Waals surface area contributed by atoms with Crippen LogP contribution >= 0.6 is 0 Å². The van der Waals surface area contributed by atoms with Crippen molar-refractivity contribution in [3.05, 3.63) is 41.5 Å². The van der Waals surface area contributed by atoms with Gasteiger partial charge in [-0.25, -0.2) is 0 Å². The molecule has 0 aromatic heterocycles. The molecule has 0 aliphatic heterocycles. The van der Waals surface area contributed by atoms with Gasteiger partial charge in [-0.3, -0.25) is 8.98 Å². The Labute approximate surface area is 210 Å². The average molecular weight is 501 g/mol. The van der Waals surface area contributed by atoms with Gasteiger partial charge in [0.2, 0.25) is 0 Å². The van der Waals surface area contributed by atoms with Crippen LogP contribution in [0, 0.1) is 41.4 Å². The predicted molar refractivity (Wildman–Crippen MR) is 135 cm³/mol. The van der Waals surface area contributed by atoms with Crippen LogP contribution in [0.1, 0.15) is 77.2 Å². The first-order chi connectivity index (χ1) is 16.6. The maximum atomic E-state index is 12.7. The molecule has 35 heavy (non-hydrogen) atoms. The summed E-state index contributed by atoms with van der Waals surface area (Å²) in [6.07, 6.45) is 9.92. The molecule has 5 nitrogen and oxygen atoms in total. The Balaban J connectivity index is 1.29. The molecular weight excluding hydrogens is 460 g/mol. The second kappa shape index (κ2) is 9.11. The van der Waals surface area contributed by atoms with Gasteiger partial charge >= 0.3 is 0 Å². The molecule has 1 aromatic rings. The minimum absolute atomic E-state index is 0.0263. The predicted octanol–water partition coefficient (Wildman–Crippen LogP) is 5.60. The van der Waals surface area contributed by atoms with Crippen LogP contribution in [0.3, 0.4) is 0 Å². The van der Waals surface area contributed by atoms with Gasteiger partial charge in [-0.15, -0.1) is 0 Å². The molecule has 1 aromatic carbocycles. The number of aryl methyl sites for hydroxylation is 1. The molecule has 0 spiro atoms. The zero-order valence-electron chi connectivity index (χ0n) is 21.3. The van der Waals surface area contributed by atoms with Crippen molar-refractivity contribution in [2.45, 2.75) is 89.6 Å². The number of benzene rings is 1. The van der Waals surface area contributed by atoms with Crippen LogP contribution < -0.4 is 0 Å². The topological polar surface area (TPSA) is 80.7 Å². The summed E-state index contributed by atoms with van der Waals surface area (Å²) >= 11 is 0. The summed E-state index contributed by atoms with van der Waals surface area (Å²) in [5.41, 5.74) is 2.32. The van der Waals surface area contributed by atoms with Gasteiger partial charge in [0.25, 0.3) is 10.1 Å². The van der Waals surface area contributed by atoms with E-state index in [2.05, 4.69) is 19.9 Å². The van der Waals surface area contributed by atoms with Crippen molar-refractivity contribution in [3.63, 3.8) is 0 Å². The average Bonchev–Trinajstić information content (AvgIpc) is 3.12. The Morgan fingerprint density at radius 1 is 1.09 bits per heavy atom. The molecule has 3 saturated carbocycles. The van der Waals surface area contributed by atoms with Crippen LogP contribution in [-0.2, 0) is 19.1 Å². The molecule has 192 valence electrons. The number of rotatable bonds is 6. The summed E-state index contributed by atoms with van der Waals surface area (Å²) in [6.45, 7) is 6.73. The Morgan fingerprint density at radius 3 is 2.57 bits per heavy atom. The molecule has 0 heterocycles. The summed E-state index contributed by atoms with van der Waals surface area (Å²) in [7, 11) is -3.77. The van der Waals surface area contributed by atoms with Gasteiger partial charge in [0.1, 0.15) is 5.78 Å². The smallest absolute Gasteiger partial charge is 0.296 e. The normalized spacial score (nSPS) is 38.9. The lowest BCUT2D eigenvalue weighted by Crippen LogP contribution is -2.53. The van der Waals surface area contributed by atoms with Gasteiger partial charge in [-0.05, 0) is 98.5 Å². The zero-order valence-corrected chi connectivity index (χ0v) is 22.1. The van der Waals surface area contributed by atoms with Crippen molar-refractivity contribution in [1.82, 2.24) is 0 Å². The summed E-state index contributed by atoms with van der Waals surface area (Å²) in [5, 5.41) is 10.7. The van der Waals surface area contributed by atoms with E-state index < -0.39 is 10.1 Å². The number of fused-ring (bicyclic) bond motifs is 5. The monoisotopic (exact) mass is 500 g/mol. The van der Waals surface area contributed by atoms with Crippen LogP contribution in [0.4, 0.5) is 0 Å². The van der Waals surface area contributed by atoms with E-state index in [1.807, 2.05) is 6.92 Å². The fourth-order valence-electron chi connectivity index (χ4n) is 8.34. The molecule has 5 rings (SSSR count). The molecule has 0 radical (unpaired) electrons. The Kier molecular flexibility index (Phi) is 6.55. The van der Waals surface area contributed by atoms with E-state index in [4.69, 9.17) is 4.18 Å². The van der Waals surface area contributed by atoms with Crippen LogP contribution in [0.15, 0.2) is 40.8 Å². The highest BCUT2D eigenvalue weighted by Crippen LogP contribution is 2.66. The number of aliphatic hydroxyl groups is 1. The third kappa shape index (κ3) is 4.23. The van der Waals surface area contributed by atoms with Crippen molar-refractivity contribution >= 4 is 15.9 Å². The number of carbonyl (C=O) groups excluding carboxylic acids is 1. The lowest BCUT2D eigenvalue weighted by atomic mass is 9.45. The zero-order chi connectivity index (χ0) is 25.0. The standard InChI is InChI=1S/C29H40O5S/c1-19-6-9-23(10-7-19)35(32,33)34-16-4-5-20-17-22(30)18-21-8-11-24-25-12-13-27(31)28(25,2)15-14-26(24)29(20,21)3/h6-10,20,24-27,31H,4-5,11-18H2,1-3H3/t20?,24-,25-,26-,27?,28-,29-/m0/s1. The van der Waals surface area contributed by atoms with Crippen molar-refractivity contribution in [1.29, 1.82) is 0 Å². The minimum Gasteiger partial charge on any atom is -0.393 e. The van der Waals surface area contributed by atoms with E-state index in [0.717, 1.165) is 44.1 Å². The third-order valence-corrected chi connectivity index (χ3v) is 11.8. The number of Topliss-reactive ketones (excluding diaryl/α,β-unsaturated/α-hetero) is 1. The number of ketones is 1. The number of hydrogen-bond donors (Lipinski definition) is 1. The number of hydrogen-bond acceptors (Lipinski definition) is 5. The van der Waals surface area contributed by atoms with Crippen molar-refractivity contribution in [2.75, 3.05) is 6.61 Å². The van der Waals surface area contributed by atoms with Gasteiger partial charge < -0.3 is 5.11 Å². The summed E-state index contributed by atoms with van der Waals surface area (Å²) in [5.74, 6) is 2.16. The summed E-state index contributed by atoms with van der Waals surface area (Å²) in [4.78, 5) is 12.9. The molecule has 1 N–H and O–H groups in total. The maximum absolute atomic E-state index is 12.7. The molecule has 0 saturated heterocycles. The van der Waals surface area contributed by atoms with E-state index >= 15 is 0 Å². The van der Waals surface area contributed by atoms with Gasteiger partial charge in [-0.2, -0.15) is 8.42 Å². The lowest BCUT2D eigenvalue weighted by Gasteiger charge is -2.59. The highest BCUT2D eigenvalue weighted by molar-refractivity contribution is 7.86. The van der Waals surface area contributed by atoms with Crippen LogP contribution in [0.2, 0.25) is 0 Å². The van der Waals surface area contributed by atoms with E-state index in [9.17, 15) is 18.3 Å². The highest BCUT2D eigenvalue weighted by atomic mass is 32.2. The van der Waals surface area contributed by atoms with Gasteiger partial charge in [0, 0.05) is 12.8 Å². The molecule has 7 atom stereocenters. The van der Waals surface area contributed by atoms with Crippen molar-refractivity contribution < 1.29 is 22.5 Å². The van der Waals surface area contributed by atoms with E-state index in [-0.39, 0.29) is 34.4 Å². The van der Waals surface area contributed by atoms with Crippen LogP contribution in [0.25, 0.3) is 0 Å². The Bertz CT molecular complexity index is 1110. The van der Waals surface area contributed by atoms with Gasteiger partial charge in [0.15, 0.2) is 0 Å². The van der Waals surface area contributed by atoms with Crippen molar-refractivity contribution in [3.8, 4) is 0 Å². The fraction of sp³-hybridized carbons (Fsp3) is 0.690. The van der Waals surface area contributed by atoms with Crippen molar-refractivity contribution in [2.24, 2.45) is 34.5 Å². The lowest BCUT2D eigenvalue weighted by molar-refractivity contribution is -0.127. The third-order valence-electron chi connectivity index (χ3n) is 10.4. The van der Waals surface area contributed by atoms with E-state index in [1.165, 1.54) is 5.57 Å². The summed E-state index contributed by atoms with van der Waals surface area (Å²) in [6, 6.07) is 6.72. The van der Waals surface area contributed by atoms with Gasteiger partial charge in [-0.1, -0.05) is 43.2 Å². The molecule has 2 unspecified atom stereocenters. The van der Waals surface area contributed by atoms with Crippen LogP contribution in [0.5, 0.6) is 0 Å². The first kappa shape index (κ1) is 25.2. The van der Waals surface area contributed by atoms with E-state index in [1.54, 1.807) is 24.3 Å². The highest BCUT2D eigenvalue weighted by Gasteiger charge is 2.60. The SMILES string of the molecule is Cc1ccc(S(=O)(=O)OCCCC2CC(=O)CC3=CC[C@H]4[C@@H]5CCC(O)[C@@]5(C)CC[C@@H]4[C@]32C)cc1. The number of aliphatic hydroxyl groups excluding tert-OH is 1. The quantitative estimate of drug-likeness (QED) is 0.312. The molecule has 0 amide bonds. The first-order valence-corrected chi connectivity index (χ1v) is 14.8. The first-order valence-electron chi connectivity index (χ1n) is 13.4. The maximum Gasteiger partial charge on any atom is 0.296 e. The molecule has 3 fully saturated rings. The Hall–Kier alpha value is -1.50. The molecule has 4 aliphatic rings. The van der Waals surface area contributed by atoms with Gasteiger partial charge in [0.05, 0.1) is 17.6 Å². The second-order valence-corrected chi connectivity index (χ2v) is 13.7.